The van der Waals surface area contributed by atoms with Crippen molar-refractivity contribution >= 4 is 17.5 Å². The fourth-order valence-corrected chi connectivity index (χ4v) is 4.57. The van der Waals surface area contributed by atoms with Crippen molar-refractivity contribution < 1.29 is 9.90 Å². The van der Waals surface area contributed by atoms with E-state index in [0.717, 1.165) is 57.0 Å². The Hall–Kier alpha value is -1.10. The zero-order valence-electron chi connectivity index (χ0n) is 14.0. The number of halogens is 1. The summed E-state index contributed by atoms with van der Waals surface area (Å²) in [6.07, 6.45) is 3.16. The van der Waals surface area contributed by atoms with Crippen LogP contribution in [0.5, 0.6) is 0 Å². The van der Waals surface area contributed by atoms with E-state index in [-0.39, 0.29) is 17.9 Å². The molecule has 130 valence electrons. The van der Waals surface area contributed by atoms with Gasteiger partial charge in [-0.3, -0.25) is 9.69 Å². The van der Waals surface area contributed by atoms with E-state index in [2.05, 4.69) is 17.0 Å². The molecule has 1 amide bonds. The lowest BCUT2D eigenvalue weighted by molar-refractivity contribution is -0.132. The van der Waals surface area contributed by atoms with E-state index in [0.29, 0.717) is 11.8 Å². The quantitative estimate of drug-likeness (QED) is 0.908. The number of aliphatic hydroxyl groups excluding tert-OH is 1. The van der Waals surface area contributed by atoms with Gasteiger partial charge in [-0.1, -0.05) is 23.7 Å². The molecule has 2 aliphatic heterocycles. The number of hydrogen-bond acceptors (Lipinski definition) is 3. The molecule has 4 rings (SSSR count). The summed E-state index contributed by atoms with van der Waals surface area (Å²) in [6.45, 7) is 4.50. The van der Waals surface area contributed by atoms with Gasteiger partial charge in [0.05, 0.1) is 6.61 Å². The highest BCUT2D eigenvalue weighted by Gasteiger charge is 2.51. The van der Waals surface area contributed by atoms with Crippen LogP contribution in [-0.4, -0.2) is 53.6 Å². The van der Waals surface area contributed by atoms with Crippen molar-refractivity contribution in [2.75, 3.05) is 32.8 Å². The first kappa shape index (κ1) is 16.4. The van der Waals surface area contributed by atoms with Crippen molar-refractivity contribution in [2.45, 2.75) is 25.8 Å². The van der Waals surface area contributed by atoms with Crippen molar-refractivity contribution in [1.82, 2.24) is 9.80 Å². The van der Waals surface area contributed by atoms with Crippen molar-refractivity contribution in [1.29, 1.82) is 0 Å². The molecule has 3 aliphatic rings. The second-order valence-corrected chi connectivity index (χ2v) is 8.27. The van der Waals surface area contributed by atoms with Gasteiger partial charge in [-0.2, -0.15) is 0 Å². The second kappa shape index (κ2) is 6.32. The minimum absolute atomic E-state index is 0.144. The predicted molar refractivity (Wildman–Crippen MR) is 93.7 cm³/mol. The highest BCUT2D eigenvalue weighted by molar-refractivity contribution is 6.30. The minimum Gasteiger partial charge on any atom is -0.396 e. The van der Waals surface area contributed by atoms with Crippen LogP contribution in [-0.2, 0) is 11.3 Å². The third-order valence-corrected chi connectivity index (χ3v) is 6.27. The summed E-state index contributed by atoms with van der Waals surface area (Å²) in [7, 11) is 0. The van der Waals surface area contributed by atoms with Gasteiger partial charge in [0.2, 0.25) is 5.91 Å². The Morgan fingerprint density at radius 1 is 1.21 bits per heavy atom. The molecule has 1 aromatic carbocycles. The normalized spacial score (nSPS) is 30.4. The number of likely N-dealkylation sites (tertiary alicyclic amines) is 2. The molecule has 1 N–H and O–H groups in total. The zero-order chi connectivity index (χ0) is 16.7. The van der Waals surface area contributed by atoms with Gasteiger partial charge in [0.25, 0.3) is 0 Å². The van der Waals surface area contributed by atoms with E-state index in [1.54, 1.807) is 0 Å². The van der Waals surface area contributed by atoms with Crippen LogP contribution in [0.2, 0.25) is 5.02 Å². The number of fused-ring (bicyclic) bond motifs is 1. The van der Waals surface area contributed by atoms with Gasteiger partial charge in [0, 0.05) is 42.5 Å². The summed E-state index contributed by atoms with van der Waals surface area (Å²) in [5.74, 6) is 1.03. The van der Waals surface area contributed by atoms with E-state index in [9.17, 15) is 9.90 Å². The third kappa shape index (κ3) is 3.07. The van der Waals surface area contributed by atoms with Crippen molar-refractivity contribution in [3.05, 3.63) is 34.9 Å². The number of benzene rings is 1. The summed E-state index contributed by atoms with van der Waals surface area (Å²) in [6, 6.07) is 7.99. The molecule has 1 aromatic rings. The summed E-state index contributed by atoms with van der Waals surface area (Å²) in [5.41, 5.74) is 1.10. The summed E-state index contributed by atoms with van der Waals surface area (Å²) < 4.78 is 0. The summed E-state index contributed by atoms with van der Waals surface area (Å²) in [4.78, 5) is 16.9. The monoisotopic (exact) mass is 348 g/mol. The third-order valence-electron chi connectivity index (χ3n) is 6.02. The first-order valence-corrected chi connectivity index (χ1v) is 9.34. The molecule has 2 atom stereocenters. The Balaban J connectivity index is 1.44. The van der Waals surface area contributed by atoms with Gasteiger partial charge in [0.1, 0.15) is 0 Å². The van der Waals surface area contributed by atoms with Crippen molar-refractivity contribution in [2.24, 2.45) is 17.3 Å². The van der Waals surface area contributed by atoms with Crippen LogP contribution in [0.3, 0.4) is 0 Å². The Labute approximate surface area is 148 Å². The zero-order valence-corrected chi connectivity index (χ0v) is 14.7. The van der Waals surface area contributed by atoms with Gasteiger partial charge in [-0.15, -0.1) is 0 Å². The van der Waals surface area contributed by atoms with Gasteiger partial charge in [-0.05, 0) is 49.4 Å². The number of hydrogen-bond donors (Lipinski definition) is 1. The Morgan fingerprint density at radius 3 is 2.62 bits per heavy atom. The molecule has 0 bridgehead atoms. The van der Waals surface area contributed by atoms with Crippen molar-refractivity contribution in [3.63, 3.8) is 0 Å². The molecule has 4 nitrogen and oxygen atoms in total. The molecule has 0 spiro atoms. The molecule has 3 fully saturated rings. The molecular formula is C19H25ClN2O2. The van der Waals surface area contributed by atoms with Crippen LogP contribution < -0.4 is 0 Å². The Morgan fingerprint density at radius 2 is 1.96 bits per heavy atom. The maximum atomic E-state index is 12.4. The van der Waals surface area contributed by atoms with Crippen LogP contribution in [0.4, 0.5) is 0 Å². The molecule has 1 saturated carbocycles. The number of nitrogens with zero attached hydrogens (tertiary/aromatic N) is 2. The number of piperidine rings is 1. The highest BCUT2D eigenvalue weighted by atomic mass is 35.5. The van der Waals surface area contributed by atoms with E-state index in [1.165, 1.54) is 5.56 Å². The molecule has 24 heavy (non-hydrogen) atoms. The molecule has 1 aliphatic carbocycles. The van der Waals surface area contributed by atoms with E-state index in [4.69, 9.17) is 11.6 Å². The molecule has 2 heterocycles. The maximum absolute atomic E-state index is 12.4. The minimum atomic E-state index is -0.144. The fraction of sp³-hybridized carbons (Fsp3) is 0.632. The number of rotatable bonds is 4. The first-order valence-electron chi connectivity index (χ1n) is 8.96. The van der Waals surface area contributed by atoms with Gasteiger partial charge in [-0.25, -0.2) is 0 Å². The van der Waals surface area contributed by atoms with Gasteiger partial charge in [0.15, 0.2) is 0 Å². The Bertz CT molecular complexity index is 616. The fourth-order valence-electron chi connectivity index (χ4n) is 4.44. The van der Waals surface area contributed by atoms with Crippen LogP contribution in [0.1, 0.15) is 24.8 Å². The first-order chi connectivity index (χ1) is 11.6. The van der Waals surface area contributed by atoms with Crippen LogP contribution in [0.15, 0.2) is 24.3 Å². The van der Waals surface area contributed by atoms with E-state index >= 15 is 0 Å². The standard InChI is InChI=1S/C19H25ClN2O2/c20-17-5-1-14(2-6-17)9-21-8-7-16-10-22(18(24)15-3-4-15)12-19(16,11-21)13-23/h1-2,5-6,15-16,23H,3-4,7-13H2/t16-,19+/m0/s1. The molecule has 0 radical (unpaired) electrons. The van der Waals surface area contributed by atoms with Gasteiger partial charge < -0.3 is 10.0 Å². The lowest BCUT2D eigenvalue weighted by Crippen LogP contribution is -2.50. The number of amides is 1. The largest absolute Gasteiger partial charge is 0.396 e. The second-order valence-electron chi connectivity index (χ2n) is 7.84. The average molecular weight is 349 g/mol. The number of aliphatic hydroxyl groups is 1. The maximum Gasteiger partial charge on any atom is 0.225 e. The highest BCUT2D eigenvalue weighted by Crippen LogP contribution is 2.44. The lowest BCUT2D eigenvalue weighted by Gasteiger charge is -2.43. The van der Waals surface area contributed by atoms with Crippen LogP contribution >= 0.6 is 11.6 Å². The summed E-state index contributed by atoms with van der Waals surface area (Å²) in [5, 5.41) is 10.9. The lowest BCUT2D eigenvalue weighted by atomic mass is 9.74. The number of carbonyl (C=O) groups is 1. The topological polar surface area (TPSA) is 43.8 Å². The van der Waals surface area contributed by atoms with E-state index < -0.39 is 0 Å². The SMILES string of the molecule is O=C(C1CC1)N1C[C@@H]2CCN(Cc3ccc(Cl)cc3)C[C@]2(CO)C1. The molecular weight excluding hydrogens is 324 g/mol. The van der Waals surface area contributed by atoms with Crippen LogP contribution in [0.25, 0.3) is 0 Å². The molecule has 2 saturated heterocycles. The smallest absolute Gasteiger partial charge is 0.225 e. The molecule has 0 unspecified atom stereocenters. The average Bonchev–Trinajstić information content (AvgIpc) is 3.36. The van der Waals surface area contributed by atoms with Gasteiger partial charge >= 0.3 is 0 Å². The molecule has 5 heteroatoms. The summed E-state index contributed by atoms with van der Waals surface area (Å²) >= 11 is 5.96. The van der Waals surface area contributed by atoms with Crippen molar-refractivity contribution in [3.8, 4) is 0 Å². The number of carbonyl (C=O) groups excluding carboxylic acids is 1. The Kier molecular flexibility index (Phi) is 4.31. The van der Waals surface area contributed by atoms with Crippen LogP contribution in [0, 0.1) is 17.3 Å². The van der Waals surface area contributed by atoms with E-state index in [1.807, 2.05) is 17.0 Å². The predicted octanol–water partition coefficient (Wildman–Crippen LogP) is 2.39. The molecule has 0 aromatic heterocycles.